The van der Waals surface area contributed by atoms with Crippen molar-refractivity contribution in [2.75, 3.05) is 0 Å². The van der Waals surface area contributed by atoms with Gasteiger partial charge in [0.2, 0.25) is 0 Å². The van der Waals surface area contributed by atoms with Crippen LogP contribution >= 0.6 is 51.3 Å². The van der Waals surface area contributed by atoms with E-state index in [2.05, 4.69) is 65.4 Å². The zero-order valence-electron chi connectivity index (χ0n) is 14.2. The minimum Gasteiger partial charge on any atom is -0.316 e. The molecule has 2 aromatic heterocycles. The maximum atomic E-state index is 6.13. The molecule has 0 aliphatic carbocycles. The zero-order valence-corrected chi connectivity index (χ0v) is 18.3. The molecule has 134 valence electrons. The van der Waals surface area contributed by atoms with Gasteiger partial charge >= 0.3 is 0 Å². The van der Waals surface area contributed by atoms with Crippen molar-refractivity contribution in [1.82, 2.24) is 4.57 Å². The topological polar surface area (TPSA) is 17.3 Å². The van der Waals surface area contributed by atoms with Crippen LogP contribution in [0.4, 0.5) is 5.69 Å². The highest BCUT2D eigenvalue weighted by atomic mass is 79.9. The second-order valence-corrected chi connectivity index (χ2v) is 8.32. The molecule has 0 amide bonds. The number of halogens is 2. The first-order valence-electron chi connectivity index (χ1n) is 8.23. The molecule has 0 unspecified atom stereocenters. The van der Waals surface area contributed by atoms with Gasteiger partial charge in [0.1, 0.15) is 0 Å². The van der Waals surface area contributed by atoms with Crippen molar-refractivity contribution in [3.05, 3.63) is 69.1 Å². The van der Waals surface area contributed by atoms with E-state index >= 15 is 0 Å². The number of hydrogen-bond acceptors (Lipinski definition) is 3. The van der Waals surface area contributed by atoms with Gasteiger partial charge in [-0.2, -0.15) is 0 Å². The first-order valence-corrected chi connectivity index (χ1v) is 10.3. The van der Waals surface area contributed by atoms with Crippen molar-refractivity contribution in [3.8, 4) is 10.6 Å². The molecular formula is C20H18BrClN2S2. The fourth-order valence-corrected chi connectivity index (χ4v) is 5.00. The summed E-state index contributed by atoms with van der Waals surface area (Å²) in [5.74, 6) is 0. The number of thiazole rings is 1. The Labute approximate surface area is 176 Å². The van der Waals surface area contributed by atoms with Gasteiger partial charge in [-0.3, -0.25) is 0 Å². The standard InChI is InChI=1S/C20H17ClN2S2.BrH/c1-2-12-23-17(18-10-11-19(21)25-18)13-24-20(23)22-16-9-5-7-14-6-3-4-8-15(14)16;/h3-11,13H,2,12H2,1H3;1H. The Morgan fingerprint density at radius 1 is 1.04 bits per heavy atom. The molecule has 0 aliphatic heterocycles. The molecule has 4 rings (SSSR count). The molecule has 2 aromatic carbocycles. The van der Waals surface area contributed by atoms with Crippen LogP contribution in [0.1, 0.15) is 13.3 Å². The predicted molar refractivity (Wildman–Crippen MR) is 120 cm³/mol. The van der Waals surface area contributed by atoms with Crippen LogP contribution in [-0.4, -0.2) is 4.57 Å². The fourth-order valence-electron chi connectivity index (χ4n) is 2.92. The van der Waals surface area contributed by atoms with E-state index in [-0.39, 0.29) is 17.0 Å². The highest BCUT2D eigenvalue weighted by Crippen LogP contribution is 2.32. The maximum absolute atomic E-state index is 6.13. The van der Waals surface area contributed by atoms with E-state index in [1.165, 1.54) is 21.3 Å². The van der Waals surface area contributed by atoms with Crippen LogP contribution in [0.5, 0.6) is 0 Å². The van der Waals surface area contributed by atoms with Gasteiger partial charge in [0, 0.05) is 17.3 Å². The third-order valence-electron chi connectivity index (χ3n) is 4.05. The number of benzene rings is 2. The average Bonchev–Trinajstić information content (AvgIpc) is 3.22. The monoisotopic (exact) mass is 464 g/mol. The molecule has 6 heteroatoms. The second kappa shape index (κ2) is 8.53. The van der Waals surface area contributed by atoms with Crippen molar-refractivity contribution in [1.29, 1.82) is 0 Å². The van der Waals surface area contributed by atoms with Crippen LogP contribution in [0.25, 0.3) is 21.3 Å². The SMILES string of the molecule is Br.CCCn1c(-c2ccc(Cl)s2)csc1=Nc1cccc2ccccc12. The predicted octanol–water partition coefficient (Wildman–Crippen LogP) is 7.31. The highest BCUT2D eigenvalue weighted by Gasteiger charge is 2.10. The maximum Gasteiger partial charge on any atom is 0.190 e. The van der Waals surface area contributed by atoms with Gasteiger partial charge in [-0.05, 0) is 30.0 Å². The van der Waals surface area contributed by atoms with E-state index in [1.54, 1.807) is 22.7 Å². The lowest BCUT2D eigenvalue weighted by Crippen LogP contribution is -2.15. The number of nitrogens with zero attached hydrogens (tertiary/aromatic N) is 2. The van der Waals surface area contributed by atoms with E-state index in [1.807, 2.05) is 6.07 Å². The molecule has 2 nitrogen and oxygen atoms in total. The summed E-state index contributed by atoms with van der Waals surface area (Å²) < 4.78 is 3.12. The Hall–Kier alpha value is -1.40. The summed E-state index contributed by atoms with van der Waals surface area (Å²) in [6.45, 7) is 3.13. The first-order chi connectivity index (χ1) is 12.3. The summed E-state index contributed by atoms with van der Waals surface area (Å²) in [4.78, 5) is 7.21. The largest absolute Gasteiger partial charge is 0.316 e. The van der Waals surface area contributed by atoms with Crippen LogP contribution < -0.4 is 4.80 Å². The molecule has 0 N–H and O–H groups in total. The lowest BCUT2D eigenvalue weighted by atomic mass is 10.1. The van der Waals surface area contributed by atoms with Crippen molar-refractivity contribution < 1.29 is 0 Å². The van der Waals surface area contributed by atoms with E-state index in [0.717, 1.165) is 27.8 Å². The molecule has 26 heavy (non-hydrogen) atoms. The summed E-state index contributed by atoms with van der Waals surface area (Å²) in [6.07, 6.45) is 1.06. The second-order valence-electron chi connectivity index (χ2n) is 5.77. The van der Waals surface area contributed by atoms with Gasteiger partial charge in [0.05, 0.1) is 20.6 Å². The molecule has 0 bridgehead atoms. The number of hydrogen-bond donors (Lipinski definition) is 0. The third-order valence-corrected chi connectivity index (χ3v) is 6.17. The van der Waals surface area contributed by atoms with Crippen LogP contribution in [-0.2, 0) is 6.54 Å². The summed E-state index contributed by atoms with van der Waals surface area (Å²) in [5.41, 5.74) is 2.21. The van der Waals surface area contributed by atoms with Crippen LogP contribution in [0.3, 0.4) is 0 Å². The molecular weight excluding hydrogens is 448 g/mol. The molecule has 0 spiro atoms. The highest BCUT2D eigenvalue weighted by molar-refractivity contribution is 8.93. The minimum atomic E-state index is 0. The Bertz CT molecular complexity index is 1090. The van der Waals surface area contributed by atoms with Crippen LogP contribution in [0.2, 0.25) is 4.34 Å². The molecule has 0 aliphatic rings. The van der Waals surface area contributed by atoms with Crippen molar-refractivity contribution in [2.45, 2.75) is 19.9 Å². The van der Waals surface area contributed by atoms with E-state index in [9.17, 15) is 0 Å². The summed E-state index contributed by atoms with van der Waals surface area (Å²) in [5, 5.41) is 4.58. The van der Waals surface area contributed by atoms with Crippen LogP contribution in [0, 0.1) is 0 Å². The van der Waals surface area contributed by atoms with Crippen LogP contribution in [0.15, 0.2) is 65.0 Å². The molecule has 0 saturated heterocycles. The summed E-state index contributed by atoms with van der Waals surface area (Å²) in [6, 6.07) is 18.7. The van der Waals surface area contributed by atoms with E-state index in [4.69, 9.17) is 16.6 Å². The van der Waals surface area contributed by atoms with Gasteiger partial charge in [-0.25, -0.2) is 4.99 Å². The summed E-state index contributed by atoms with van der Waals surface area (Å²) in [7, 11) is 0. The molecule has 0 saturated carbocycles. The van der Waals surface area contributed by atoms with Crippen molar-refractivity contribution in [3.63, 3.8) is 0 Å². The Kier molecular flexibility index (Phi) is 6.35. The van der Waals surface area contributed by atoms with Gasteiger partial charge < -0.3 is 4.57 Å². The molecule has 0 radical (unpaired) electrons. The van der Waals surface area contributed by atoms with E-state index < -0.39 is 0 Å². The first kappa shape index (κ1) is 19.4. The Morgan fingerprint density at radius 2 is 1.85 bits per heavy atom. The lowest BCUT2D eigenvalue weighted by molar-refractivity contribution is 0.668. The third kappa shape index (κ3) is 3.81. The van der Waals surface area contributed by atoms with Gasteiger partial charge in [-0.15, -0.1) is 39.7 Å². The molecule has 0 fully saturated rings. The zero-order chi connectivity index (χ0) is 17.2. The summed E-state index contributed by atoms with van der Waals surface area (Å²) >= 11 is 9.43. The van der Waals surface area contributed by atoms with Crippen molar-refractivity contribution in [2.24, 2.45) is 4.99 Å². The van der Waals surface area contributed by atoms with E-state index in [0.29, 0.717) is 0 Å². The average molecular weight is 466 g/mol. The van der Waals surface area contributed by atoms with Gasteiger partial charge in [0.25, 0.3) is 0 Å². The lowest BCUT2D eigenvalue weighted by Gasteiger charge is -2.06. The number of thiophene rings is 1. The normalized spacial score (nSPS) is 11.7. The molecule has 0 atom stereocenters. The minimum absolute atomic E-state index is 0. The van der Waals surface area contributed by atoms with Gasteiger partial charge in [0.15, 0.2) is 4.80 Å². The Morgan fingerprint density at radius 3 is 2.62 bits per heavy atom. The molecule has 2 heterocycles. The fraction of sp³-hybridized carbons (Fsp3) is 0.150. The number of fused-ring (bicyclic) bond motifs is 1. The Balaban J connectivity index is 0.00000196. The van der Waals surface area contributed by atoms with Gasteiger partial charge in [-0.1, -0.05) is 54.9 Å². The molecule has 4 aromatic rings. The number of rotatable bonds is 4. The van der Waals surface area contributed by atoms with Crippen molar-refractivity contribution >= 4 is 67.7 Å². The quantitative estimate of drug-likeness (QED) is 0.301. The smallest absolute Gasteiger partial charge is 0.190 e. The number of aromatic nitrogens is 1.